The van der Waals surface area contributed by atoms with Gasteiger partial charge < -0.3 is 15.2 Å². The van der Waals surface area contributed by atoms with Gasteiger partial charge in [-0.15, -0.1) is 0 Å². The molecule has 0 amide bonds. The van der Waals surface area contributed by atoms with Crippen molar-refractivity contribution in [3.63, 3.8) is 0 Å². The Kier molecular flexibility index (Phi) is 4.96. The molecule has 0 unspecified atom stereocenters. The van der Waals surface area contributed by atoms with Gasteiger partial charge in [-0.05, 0) is 42.4 Å². The SMILES string of the molecule is COc1ccc(C(=O)O)c(NCC2CCSCC2)c1. The van der Waals surface area contributed by atoms with E-state index in [9.17, 15) is 9.90 Å². The number of thioether (sulfide) groups is 1. The summed E-state index contributed by atoms with van der Waals surface area (Å²) in [6.45, 7) is 0.827. The number of carbonyl (C=O) groups is 1. The molecule has 19 heavy (non-hydrogen) atoms. The van der Waals surface area contributed by atoms with Gasteiger partial charge in [0.1, 0.15) is 5.75 Å². The number of aromatic carboxylic acids is 1. The first-order valence-corrected chi connectivity index (χ1v) is 7.59. The van der Waals surface area contributed by atoms with Gasteiger partial charge in [-0.1, -0.05) is 0 Å². The zero-order valence-electron chi connectivity index (χ0n) is 11.0. The summed E-state index contributed by atoms with van der Waals surface area (Å²) in [7, 11) is 1.58. The molecule has 1 aliphatic rings. The van der Waals surface area contributed by atoms with Gasteiger partial charge in [-0.2, -0.15) is 11.8 Å². The van der Waals surface area contributed by atoms with E-state index in [4.69, 9.17) is 4.74 Å². The lowest BCUT2D eigenvalue weighted by molar-refractivity contribution is 0.0698. The van der Waals surface area contributed by atoms with Crippen LogP contribution in [0.5, 0.6) is 5.75 Å². The Morgan fingerprint density at radius 2 is 2.21 bits per heavy atom. The van der Waals surface area contributed by atoms with Crippen LogP contribution in [0.25, 0.3) is 0 Å². The minimum absolute atomic E-state index is 0.297. The van der Waals surface area contributed by atoms with E-state index in [1.54, 1.807) is 25.3 Å². The van der Waals surface area contributed by atoms with E-state index in [1.807, 2.05) is 11.8 Å². The smallest absolute Gasteiger partial charge is 0.337 e. The Hall–Kier alpha value is -1.36. The van der Waals surface area contributed by atoms with Crippen molar-refractivity contribution in [2.24, 2.45) is 5.92 Å². The monoisotopic (exact) mass is 281 g/mol. The summed E-state index contributed by atoms with van der Waals surface area (Å²) in [5.74, 6) is 2.80. The van der Waals surface area contributed by atoms with Crippen molar-refractivity contribution in [3.8, 4) is 5.75 Å². The maximum atomic E-state index is 11.2. The summed E-state index contributed by atoms with van der Waals surface area (Å²) in [6.07, 6.45) is 2.40. The van der Waals surface area contributed by atoms with Crippen LogP contribution in [0, 0.1) is 5.92 Å². The van der Waals surface area contributed by atoms with Crippen LogP contribution in [0.2, 0.25) is 0 Å². The summed E-state index contributed by atoms with van der Waals surface area (Å²) >= 11 is 1.99. The normalized spacial score (nSPS) is 16.1. The number of carboxylic acid groups (broad SMARTS) is 1. The highest BCUT2D eigenvalue weighted by molar-refractivity contribution is 7.99. The molecule has 1 fully saturated rings. The minimum Gasteiger partial charge on any atom is -0.497 e. The molecule has 0 aromatic heterocycles. The molecule has 4 nitrogen and oxygen atoms in total. The average Bonchev–Trinajstić information content (AvgIpc) is 2.45. The molecule has 1 saturated heterocycles. The third-order valence-electron chi connectivity index (χ3n) is 3.38. The van der Waals surface area contributed by atoms with Crippen LogP contribution in [0.3, 0.4) is 0 Å². The molecular weight excluding hydrogens is 262 g/mol. The number of benzene rings is 1. The Balaban J connectivity index is 2.06. The molecule has 1 heterocycles. The highest BCUT2D eigenvalue weighted by Crippen LogP contribution is 2.26. The van der Waals surface area contributed by atoms with Gasteiger partial charge in [0, 0.05) is 12.6 Å². The Morgan fingerprint density at radius 1 is 1.47 bits per heavy atom. The van der Waals surface area contributed by atoms with E-state index in [-0.39, 0.29) is 0 Å². The summed E-state index contributed by atoms with van der Waals surface area (Å²) < 4.78 is 5.15. The minimum atomic E-state index is -0.913. The quantitative estimate of drug-likeness (QED) is 0.869. The fraction of sp³-hybridized carbons (Fsp3) is 0.500. The van der Waals surface area contributed by atoms with E-state index in [0.29, 0.717) is 22.9 Å². The topological polar surface area (TPSA) is 58.6 Å². The van der Waals surface area contributed by atoms with Crippen molar-refractivity contribution in [2.45, 2.75) is 12.8 Å². The van der Waals surface area contributed by atoms with Crippen LogP contribution in [-0.4, -0.2) is 36.2 Å². The van der Waals surface area contributed by atoms with Crippen molar-refractivity contribution in [3.05, 3.63) is 23.8 Å². The number of hydrogen-bond donors (Lipinski definition) is 2. The molecule has 0 bridgehead atoms. The molecule has 2 rings (SSSR count). The van der Waals surface area contributed by atoms with Crippen LogP contribution in [-0.2, 0) is 0 Å². The molecule has 0 aliphatic carbocycles. The second-order valence-corrected chi connectivity index (χ2v) is 5.88. The first-order chi connectivity index (χ1) is 9.20. The Morgan fingerprint density at radius 3 is 2.84 bits per heavy atom. The predicted molar refractivity (Wildman–Crippen MR) is 78.5 cm³/mol. The van der Waals surface area contributed by atoms with Gasteiger partial charge in [-0.3, -0.25) is 0 Å². The summed E-state index contributed by atoms with van der Waals surface area (Å²) in [5, 5.41) is 12.5. The van der Waals surface area contributed by atoms with Crippen LogP contribution >= 0.6 is 11.8 Å². The largest absolute Gasteiger partial charge is 0.497 e. The van der Waals surface area contributed by atoms with Gasteiger partial charge in [0.15, 0.2) is 0 Å². The van der Waals surface area contributed by atoms with Gasteiger partial charge in [0.2, 0.25) is 0 Å². The number of rotatable bonds is 5. The van der Waals surface area contributed by atoms with Crippen molar-refractivity contribution >= 4 is 23.4 Å². The predicted octanol–water partition coefficient (Wildman–Crippen LogP) is 2.95. The van der Waals surface area contributed by atoms with Gasteiger partial charge in [-0.25, -0.2) is 4.79 Å². The van der Waals surface area contributed by atoms with Gasteiger partial charge >= 0.3 is 5.97 Å². The first-order valence-electron chi connectivity index (χ1n) is 6.43. The maximum absolute atomic E-state index is 11.2. The lowest BCUT2D eigenvalue weighted by Gasteiger charge is -2.22. The van der Waals surface area contributed by atoms with Crippen LogP contribution < -0.4 is 10.1 Å². The van der Waals surface area contributed by atoms with E-state index < -0.39 is 5.97 Å². The van der Waals surface area contributed by atoms with E-state index in [2.05, 4.69) is 5.32 Å². The van der Waals surface area contributed by atoms with Crippen molar-refractivity contribution in [1.29, 1.82) is 0 Å². The van der Waals surface area contributed by atoms with Crippen LogP contribution in [0.15, 0.2) is 18.2 Å². The molecule has 0 atom stereocenters. The molecule has 0 saturated carbocycles. The number of methoxy groups -OCH3 is 1. The lowest BCUT2D eigenvalue weighted by atomic mass is 10.0. The lowest BCUT2D eigenvalue weighted by Crippen LogP contribution is -2.20. The second kappa shape index (κ2) is 6.70. The maximum Gasteiger partial charge on any atom is 0.337 e. The molecule has 104 valence electrons. The number of ether oxygens (including phenoxy) is 1. The molecule has 1 aromatic rings. The summed E-state index contributed by atoms with van der Waals surface area (Å²) in [5.41, 5.74) is 0.941. The number of hydrogen-bond acceptors (Lipinski definition) is 4. The number of anilines is 1. The second-order valence-electron chi connectivity index (χ2n) is 4.65. The zero-order valence-corrected chi connectivity index (χ0v) is 11.8. The van der Waals surface area contributed by atoms with Crippen LogP contribution in [0.1, 0.15) is 23.2 Å². The van der Waals surface area contributed by atoms with Crippen LogP contribution in [0.4, 0.5) is 5.69 Å². The third kappa shape index (κ3) is 3.80. The van der Waals surface area contributed by atoms with Crippen molar-refractivity contribution in [1.82, 2.24) is 0 Å². The molecule has 1 aromatic carbocycles. The van der Waals surface area contributed by atoms with Crippen molar-refractivity contribution < 1.29 is 14.6 Å². The molecule has 2 N–H and O–H groups in total. The zero-order chi connectivity index (χ0) is 13.7. The van der Waals surface area contributed by atoms with Gasteiger partial charge in [0.05, 0.1) is 18.4 Å². The number of carboxylic acids is 1. The van der Waals surface area contributed by atoms with E-state index in [1.165, 1.54) is 24.3 Å². The molecule has 0 radical (unpaired) electrons. The average molecular weight is 281 g/mol. The van der Waals surface area contributed by atoms with Crippen molar-refractivity contribution in [2.75, 3.05) is 30.5 Å². The number of nitrogens with one attached hydrogen (secondary N) is 1. The summed E-state index contributed by atoms with van der Waals surface area (Å²) in [4.78, 5) is 11.2. The molecule has 5 heteroatoms. The standard InChI is InChI=1S/C14H19NO3S/c1-18-11-2-3-12(14(16)17)13(8-11)15-9-10-4-6-19-7-5-10/h2-3,8,10,15H,4-7,9H2,1H3,(H,16,17). The fourth-order valence-corrected chi connectivity index (χ4v) is 3.39. The van der Waals surface area contributed by atoms with Gasteiger partial charge in [0.25, 0.3) is 0 Å². The van der Waals surface area contributed by atoms with E-state index >= 15 is 0 Å². The Bertz CT molecular complexity index is 444. The molecule has 1 aliphatic heterocycles. The molecule has 0 spiro atoms. The molecular formula is C14H19NO3S. The highest BCUT2D eigenvalue weighted by Gasteiger charge is 2.16. The third-order valence-corrected chi connectivity index (χ3v) is 4.43. The highest BCUT2D eigenvalue weighted by atomic mass is 32.2. The Labute approximate surface area is 117 Å². The van der Waals surface area contributed by atoms with E-state index in [0.717, 1.165) is 6.54 Å². The summed E-state index contributed by atoms with van der Waals surface area (Å²) in [6, 6.07) is 5.01. The fourth-order valence-electron chi connectivity index (χ4n) is 2.19. The first kappa shape index (κ1) is 14.1.